The summed E-state index contributed by atoms with van der Waals surface area (Å²) in [5, 5.41) is 2.90. The molecule has 0 aliphatic carbocycles. The Bertz CT molecular complexity index is 531. The normalized spacial score (nSPS) is 10.3. The summed E-state index contributed by atoms with van der Waals surface area (Å²) < 4.78 is 0. The highest BCUT2D eigenvalue weighted by molar-refractivity contribution is 5.78. The number of aromatic amines is 1. The SMILES string of the molecule is Cc1cc(CC(=O)NCc2ccncc2)c(C)[nH]1. The maximum absolute atomic E-state index is 11.8. The van der Waals surface area contributed by atoms with Gasteiger partial charge in [0.1, 0.15) is 0 Å². The van der Waals surface area contributed by atoms with Crippen molar-refractivity contribution in [3.05, 3.63) is 53.1 Å². The van der Waals surface area contributed by atoms with E-state index in [1.165, 1.54) is 0 Å². The largest absolute Gasteiger partial charge is 0.362 e. The number of H-pyrrole nitrogens is 1. The van der Waals surface area contributed by atoms with E-state index in [1.54, 1.807) is 12.4 Å². The van der Waals surface area contributed by atoms with Crippen molar-refractivity contribution in [1.29, 1.82) is 0 Å². The molecule has 0 saturated carbocycles. The van der Waals surface area contributed by atoms with E-state index in [4.69, 9.17) is 0 Å². The van der Waals surface area contributed by atoms with Crippen molar-refractivity contribution in [1.82, 2.24) is 15.3 Å². The number of rotatable bonds is 4. The zero-order valence-electron chi connectivity index (χ0n) is 10.7. The zero-order chi connectivity index (χ0) is 13.0. The van der Waals surface area contributed by atoms with Gasteiger partial charge in [0.05, 0.1) is 6.42 Å². The third-order valence-electron chi connectivity index (χ3n) is 2.85. The molecule has 2 heterocycles. The van der Waals surface area contributed by atoms with Crippen molar-refractivity contribution in [3.8, 4) is 0 Å². The van der Waals surface area contributed by atoms with E-state index < -0.39 is 0 Å². The molecule has 2 aromatic rings. The molecule has 2 aromatic heterocycles. The molecule has 0 atom stereocenters. The first-order chi connectivity index (χ1) is 8.65. The fourth-order valence-electron chi connectivity index (χ4n) is 1.90. The van der Waals surface area contributed by atoms with Crippen molar-refractivity contribution < 1.29 is 4.79 Å². The first-order valence-electron chi connectivity index (χ1n) is 5.96. The first kappa shape index (κ1) is 12.4. The van der Waals surface area contributed by atoms with Crippen molar-refractivity contribution in [2.75, 3.05) is 0 Å². The summed E-state index contributed by atoms with van der Waals surface area (Å²) in [7, 11) is 0. The minimum atomic E-state index is 0.0360. The molecule has 0 fully saturated rings. The molecule has 0 unspecified atom stereocenters. The lowest BCUT2D eigenvalue weighted by Gasteiger charge is -2.04. The van der Waals surface area contributed by atoms with Crippen molar-refractivity contribution >= 4 is 5.91 Å². The van der Waals surface area contributed by atoms with Gasteiger partial charge in [-0.3, -0.25) is 9.78 Å². The van der Waals surface area contributed by atoms with Crippen molar-refractivity contribution in [2.24, 2.45) is 0 Å². The fourth-order valence-corrected chi connectivity index (χ4v) is 1.90. The monoisotopic (exact) mass is 243 g/mol. The minimum absolute atomic E-state index is 0.0360. The molecule has 2 N–H and O–H groups in total. The molecule has 0 aromatic carbocycles. The maximum Gasteiger partial charge on any atom is 0.224 e. The number of amides is 1. The second-order valence-corrected chi connectivity index (χ2v) is 4.41. The molecular weight excluding hydrogens is 226 g/mol. The molecule has 0 spiro atoms. The van der Waals surface area contributed by atoms with Gasteiger partial charge in [-0.2, -0.15) is 0 Å². The molecule has 4 heteroatoms. The lowest BCUT2D eigenvalue weighted by atomic mass is 10.1. The molecule has 18 heavy (non-hydrogen) atoms. The Balaban J connectivity index is 1.88. The van der Waals surface area contributed by atoms with Gasteiger partial charge in [0, 0.05) is 30.3 Å². The number of carbonyl (C=O) groups excluding carboxylic acids is 1. The smallest absolute Gasteiger partial charge is 0.224 e. The Morgan fingerprint density at radius 2 is 2.06 bits per heavy atom. The van der Waals surface area contributed by atoms with E-state index in [9.17, 15) is 4.79 Å². The molecule has 0 saturated heterocycles. The first-order valence-corrected chi connectivity index (χ1v) is 5.96. The average molecular weight is 243 g/mol. The average Bonchev–Trinajstić information content (AvgIpc) is 2.67. The van der Waals surface area contributed by atoms with Crippen LogP contribution in [0.4, 0.5) is 0 Å². The topological polar surface area (TPSA) is 57.8 Å². The molecule has 0 bridgehead atoms. The van der Waals surface area contributed by atoms with Gasteiger partial charge in [-0.1, -0.05) is 0 Å². The number of hydrogen-bond donors (Lipinski definition) is 2. The number of nitrogens with one attached hydrogen (secondary N) is 2. The number of aryl methyl sites for hydroxylation is 2. The van der Waals surface area contributed by atoms with Crippen LogP contribution in [0, 0.1) is 13.8 Å². The molecule has 94 valence electrons. The molecule has 0 aliphatic heterocycles. The lowest BCUT2D eigenvalue weighted by Crippen LogP contribution is -2.24. The second kappa shape index (κ2) is 5.49. The Morgan fingerprint density at radius 1 is 1.33 bits per heavy atom. The molecule has 2 rings (SSSR count). The quantitative estimate of drug-likeness (QED) is 0.861. The fraction of sp³-hybridized carbons (Fsp3) is 0.286. The van der Waals surface area contributed by atoms with E-state index in [0.29, 0.717) is 13.0 Å². The van der Waals surface area contributed by atoms with E-state index in [-0.39, 0.29) is 5.91 Å². The van der Waals surface area contributed by atoms with Crippen molar-refractivity contribution in [2.45, 2.75) is 26.8 Å². The molecule has 0 radical (unpaired) electrons. The van der Waals surface area contributed by atoms with Gasteiger partial charge < -0.3 is 10.3 Å². The van der Waals surface area contributed by atoms with E-state index in [2.05, 4.69) is 15.3 Å². The van der Waals surface area contributed by atoms with Crippen LogP contribution in [-0.2, 0) is 17.8 Å². The highest BCUT2D eigenvalue weighted by atomic mass is 16.1. The standard InChI is InChI=1S/C14H17N3O/c1-10-7-13(11(2)17-10)8-14(18)16-9-12-3-5-15-6-4-12/h3-7,17H,8-9H2,1-2H3,(H,16,18). The lowest BCUT2D eigenvalue weighted by molar-refractivity contribution is -0.120. The van der Waals surface area contributed by atoms with Crippen LogP contribution in [0.15, 0.2) is 30.6 Å². The third-order valence-corrected chi connectivity index (χ3v) is 2.85. The zero-order valence-corrected chi connectivity index (χ0v) is 10.7. The highest BCUT2D eigenvalue weighted by Gasteiger charge is 2.07. The van der Waals surface area contributed by atoms with Crippen LogP contribution in [0.5, 0.6) is 0 Å². The van der Waals surface area contributed by atoms with E-state index in [0.717, 1.165) is 22.5 Å². The Labute approximate surface area is 106 Å². The van der Waals surface area contributed by atoms with Gasteiger partial charge in [-0.05, 0) is 43.2 Å². The van der Waals surface area contributed by atoms with Crippen LogP contribution in [0.25, 0.3) is 0 Å². The van der Waals surface area contributed by atoms with Crippen LogP contribution >= 0.6 is 0 Å². The van der Waals surface area contributed by atoms with Gasteiger partial charge in [-0.15, -0.1) is 0 Å². The Hall–Kier alpha value is -2.10. The van der Waals surface area contributed by atoms with Gasteiger partial charge in [-0.25, -0.2) is 0 Å². The van der Waals surface area contributed by atoms with Crippen LogP contribution in [0.1, 0.15) is 22.5 Å². The van der Waals surface area contributed by atoms with Crippen LogP contribution in [-0.4, -0.2) is 15.9 Å². The molecular formula is C14H17N3O. The predicted octanol–water partition coefficient (Wildman–Crippen LogP) is 1.89. The highest BCUT2D eigenvalue weighted by Crippen LogP contribution is 2.09. The maximum atomic E-state index is 11.8. The number of aromatic nitrogens is 2. The van der Waals surface area contributed by atoms with Crippen LogP contribution in [0.2, 0.25) is 0 Å². The predicted molar refractivity (Wildman–Crippen MR) is 70.1 cm³/mol. The Kier molecular flexibility index (Phi) is 3.77. The van der Waals surface area contributed by atoms with Gasteiger partial charge in [0.25, 0.3) is 0 Å². The second-order valence-electron chi connectivity index (χ2n) is 4.41. The number of hydrogen-bond acceptors (Lipinski definition) is 2. The van der Waals surface area contributed by atoms with Gasteiger partial charge >= 0.3 is 0 Å². The van der Waals surface area contributed by atoms with Crippen LogP contribution < -0.4 is 5.32 Å². The number of nitrogens with zero attached hydrogens (tertiary/aromatic N) is 1. The van der Waals surface area contributed by atoms with Crippen LogP contribution in [0.3, 0.4) is 0 Å². The summed E-state index contributed by atoms with van der Waals surface area (Å²) in [4.78, 5) is 18.9. The number of carbonyl (C=O) groups is 1. The molecule has 4 nitrogen and oxygen atoms in total. The van der Waals surface area contributed by atoms with Gasteiger partial charge in [0.2, 0.25) is 5.91 Å². The summed E-state index contributed by atoms with van der Waals surface area (Å²) >= 11 is 0. The number of pyridine rings is 1. The third kappa shape index (κ3) is 3.20. The summed E-state index contributed by atoms with van der Waals surface area (Å²) in [6.45, 7) is 4.52. The van der Waals surface area contributed by atoms with E-state index >= 15 is 0 Å². The summed E-state index contributed by atoms with van der Waals surface area (Å²) in [6, 6.07) is 5.80. The van der Waals surface area contributed by atoms with E-state index in [1.807, 2.05) is 32.0 Å². The minimum Gasteiger partial charge on any atom is -0.362 e. The molecule has 0 aliphatic rings. The summed E-state index contributed by atoms with van der Waals surface area (Å²) in [5.41, 5.74) is 4.26. The molecule has 1 amide bonds. The van der Waals surface area contributed by atoms with Crippen molar-refractivity contribution in [3.63, 3.8) is 0 Å². The summed E-state index contributed by atoms with van der Waals surface area (Å²) in [5.74, 6) is 0.0360. The summed E-state index contributed by atoms with van der Waals surface area (Å²) in [6.07, 6.45) is 3.86. The van der Waals surface area contributed by atoms with Gasteiger partial charge in [0.15, 0.2) is 0 Å². The Morgan fingerprint density at radius 3 is 2.67 bits per heavy atom.